The molecular weight excluding hydrogens is 155 g/mol. The van der Waals surface area contributed by atoms with E-state index in [2.05, 4.69) is 20.8 Å². The Bertz CT molecular complexity index is 116. The first-order valence-electron chi connectivity index (χ1n) is 4.57. The molecule has 0 N–H and O–H groups in total. The zero-order valence-corrected chi connectivity index (χ0v) is 8.73. The van der Waals surface area contributed by atoms with E-state index in [-0.39, 0.29) is 0 Å². The summed E-state index contributed by atoms with van der Waals surface area (Å²) in [4.78, 5) is 0. The van der Waals surface area contributed by atoms with E-state index in [0.717, 1.165) is 24.8 Å². The molecule has 0 aromatic rings. The lowest BCUT2D eigenvalue weighted by Crippen LogP contribution is -2.30. The summed E-state index contributed by atoms with van der Waals surface area (Å²) in [6.45, 7) is 8.71. The first-order valence-corrected chi connectivity index (χ1v) is 6.35. The minimum absolute atomic E-state index is 0.365. The fourth-order valence-electron chi connectivity index (χ4n) is 1.53. The van der Waals surface area contributed by atoms with Gasteiger partial charge in [-0.25, -0.2) is 0 Å². The van der Waals surface area contributed by atoms with E-state index in [1.165, 1.54) is 12.3 Å². The average Bonchev–Trinajstić information content (AvgIpc) is 2.03. The van der Waals surface area contributed by atoms with Crippen LogP contribution in [0.25, 0.3) is 0 Å². The summed E-state index contributed by atoms with van der Waals surface area (Å²) in [6.07, 6.45) is 2.83. The maximum atomic E-state index is 5.34. The molecule has 1 rings (SSSR count). The van der Waals surface area contributed by atoms with Gasteiger partial charge in [-0.3, -0.25) is 0 Å². The van der Waals surface area contributed by atoms with E-state index in [0.29, 0.717) is 7.92 Å². The third kappa shape index (κ3) is 2.42. The van der Waals surface area contributed by atoms with Crippen LogP contribution in [0.5, 0.6) is 0 Å². The van der Waals surface area contributed by atoms with Gasteiger partial charge in [-0.15, -0.1) is 7.92 Å². The van der Waals surface area contributed by atoms with Gasteiger partial charge in [0.15, 0.2) is 0 Å². The summed E-state index contributed by atoms with van der Waals surface area (Å²) >= 11 is 0. The van der Waals surface area contributed by atoms with Crippen molar-refractivity contribution in [1.82, 2.24) is 0 Å². The highest BCUT2D eigenvalue weighted by Gasteiger charge is 2.32. The monoisotopic (exact) mass is 174 g/mol. The Morgan fingerprint density at radius 2 is 2.18 bits per heavy atom. The first-order chi connectivity index (χ1) is 5.25. The van der Waals surface area contributed by atoms with Crippen molar-refractivity contribution in [2.75, 3.05) is 25.5 Å². The largest absolute Gasteiger partial charge is 0.381 e. The fourth-order valence-corrected chi connectivity index (χ4v) is 4.31. The molecule has 0 radical (unpaired) electrons. The van der Waals surface area contributed by atoms with Crippen LogP contribution in [0, 0.1) is 5.92 Å². The zero-order chi connectivity index (χ0) is 8.27. The predicted molar refractivity (Wildman–Crippen MR) is 51.8 cm³/mol. The molecule has 0 aromatic heterocycles. The molecule has 0 saturated carbocycles. The Hall–Kier alpha value is 0.390. The van der Waals surface area contributed by atoms with Crippen molar-refractivity contribution in [2.24, 2.45) is 5.92 Å². The van der Waals surface area contributed by atoms with Crippen molar-refractivity contribution in [2.45, 2.75) is 26.4 Å². The van der Waals surface area contributed by atoms with Crippen LogP contribution < -0.4 is 0 Å². The first kappa shape index (κ1) is 9.48. The second-order valence-corrected chi connectivity index (χ2v) is 6.21. The molecule has 3 atom stereocenters. The van der Waals surface area contributed by atoms with Gasteiger partial charge in [0.25, 0.3) is 0 Å². The maximum Gasteiger partial charge on any atom is 0.0505 e. The summed E-state index contributed by atoms with van der Waals surface area (Å²) in [6, 6.07) is 0. The van der Waals surface area contributed by atoms with Gasteiger partial charge in [0.05, 0.1) is 6.61 Å². The molecule has 1 aliphatic rings. The molecule has 66 valence electrons. The maximum absolute atomic E-state index is 5.34. The molecule has 1 nitrogen and oxygen atoms in total. The highest BCUT2D eigenvalue weighted by atomic mass is 31.1. The molecule has 0 aromatic carbocycles. The standard InChI is InChI=1S/C9H19OP/c1-4-10-5-6-11-7-8(2)9(11)3/h8-9H,4-7H2,1-3H3. The summed E-state index contributed by atoms with van der Waals surface area (Å²) in [5, 5.41) is 0. The molecule has 1 aliphatic heterocycles. The smallest absolute Gasteiger partial charge is 0.0505 e. The molecule has 2 heteroatoms. The second-order valence-electron chi connectivity index (χ2n) is 3.41. The quantitative estimate of drug-likeness (QED) is 0.470. The van der Waals surface area contributed by atoms with E-state index in [4.69, 9.17) is 4.74 Å². The summed E-state index contributed by atoms with van der Waals surface area (Å²) in [5.74, 6) is 0.989. The van der Waals surface area contributed by atoms with E-state index >= 15 is 0 Å². The molecular formula is C9H19OP. The molecule has 0 bridgehead atoms. The Labute approximate surface area is 71.3 Å². The van der Waals surface area contributed by atoms with Crippen molar-refractivity contribution in [3.05, 3.63) is 0 Å². The molecule has 1 heterocycles. The van der Waals surface area contributed by atoms with Crippen molar-refractivity contribution < 1.29 is 4.74 Å². The number of ether oxygens (including phenoxy) is 1. The highest BCUT2D eigenvalue weighted by molar-refractivity contribution is 7.60. The summed E-state index contributed by atoms with van der Waals surface area (Å²) in [7, 11) is 0.365. The van der Waals surface area contributed by atoms with E-state index in [1.54, 1.807) is 0 Å². The Morgan fingerprint density at radius 1 is 1.45 bits per heavy atom. The van der Waals surface area contributed by atoms with Gasteiger partial charge in [0, 0.05) is 6.61 Å². The van der Waals surface area contributed by atoms with Crippen LogP contribution in [-0.4, -0.2) is 31.2 Å². The third-order valence-corrected chi connectivity index (χ3v) is 6.11. The van der Waals surface area contributed by atoms with Crippen LogP contribution in [0.3, 0.4) is 0 Å². The van der Waals surface area contributed by atoms with Crippen LogP contribution in [0.15, 0.2) is 0 Å². The normalized spacial score (nSPS) is 36.8. The van der Waals surface area contributed by atoms with Crippen LogP contribution in [-0.2, 0) is 4.74 Å². The molecule has 1 saturated heterocycles. The van der Waals surface area contributed by atoms with Gasteiger partial charge in [-0.05, 0) is 30.8 Å². The molecule has 0 spiro atoms. The zero-order valence-electron chi connectivity index (χ0n) is 7.84. The van der Waals surface area contributed by atoms with Gasteiger partial charge < -0.3 is 4.74 Å². The van der Waals surface area contributed by atoms with Crippen LogP contribution in [0.1, 0.15) is 20.8 Å². The lowest BCUT2D eigenvalue weighted by atomic mass is 10.1. The van der Waals surface area contributed by atoms with Gasteiger partial charge in [0.1, 0.15) is 0 Å². The number of hydrogen-bond donors (Lipinski definition) is 0. The van der Waals surface area contributed by atoms with E-state index in [9.17, 15) is 0 Å². The Morgan fingerprint density at radius 3 is 2.64 bits per heavy atom. The Balaban J connectivity index is 2.01. The van der Waals surface area contributed by atoms with E-state index in [1.807, 2.05) is 0 Å². The SMILES string of the molecule is CCOCCP1CC(C)C1C. The van der Waals surface area contributed by atoms with Gasteiger partial charge in [-0.1, -0.05) is 13.8 Å². The minimum atomic E-state index is 0.365. The molecule has 0 aliphatic carbocycles. The molecule has 1 fully saturated rings. The van der Waals surface area contributed by atoms with Gasteiger partial charge in [-0.2, -0.15) is 0 Å². The van der Waals surface area contributed by atoms with Crippen LogP contribution in [0.2, 0.25) is 0 Å². The lowest BCUT2D eigenvalue weighted by Gasteiger charge is -2.41. The molecule has 11 heavy (non-hydrogen) atoms. The molecule has 3 unspecified atom stereocenters. The second kappa shape index (κ2) is 4.42. The van der Waals surface area contributed by atoms with E-state index < -0.39 is 0 Å². The number of hydrogen-bond acceptors (Lipinski definition) is 1. The van der Waals surface area contributed by atoms with Crippen molar-refractivity contribution in [1.29, 1.82) is 0 Å². The lowest BCUT2D eigenvalue weighted by molar-refractivity contribution is 0.163. The number of rotatable bonds is 4. The van der Waals surface area contributed by atoms with Crippen molar-refractivity contribution in [3.8, 4) is 0 Å². The van der Waals surface area contributed by atoms with Crippen molar-refractivity contribution >= 4 is 7.92 Å². The fraction of sp³-hybridized carbons (Fsp3) is 1.00. The minimum Gasteiger partial charge on any atom is -0.381 e. The van der Waals surface area contributed by atoms with Crippen LogP contribution in [0.4, 0.5) is 0 Å². The Kier molecular flexibility index (Phi) is 3.81. The third-order valence-electron chi connectivity index (χ3n) is 2.65. The predicted octanol–water partition coefficient (Wildman–Crippen LogP) is 2.54. The van der Waals surface area contributed by atoms with Gasteiger partial charge in [0.2, 0.25) is 0 Å². The van der Waals surface area contributed by atoms with Crippen LogP contribution >= 0.6 is 7.92 Å². The topological polar surface area (TPSA) is 9.23 Å². The van der Waals surface area contributed by atoms with Crippen molar-refractivity contribution in [3.63, 3.8) is 0 Å². The van der Waals surface area contributed by atoms with Gasteiger partial charge >= 0.3 is 0 Å². The highest BCUT2D eigenvalue weighted by Crippen LogP contribution is 2.55. The summed E-state index contributed by atoms with van der Waals surface area (Å²) in [5.41, 5.74) is 1.01. The molecule has 0 amide bonds. The summed E-state index contributed by atoms with van der Waals surface area (Å²) < 4.78 is 5.34. The average molecular weight is 174 g/mol.